The van der Waals surface area contributed by atoms with Crippen molar-refractivity contribution >= 4 is 29.1 Å². The molecule has 15 heavy (non-hydrogen) atoms. The summed E-state index contributed by atoms with van der Waals surface area (Å²) in [6.07, 6.45) is 0. The van der Waals surface area contributed by atoms with Gasteiger partial charge in [-0.05, 0) is 31.0 Å². The van der Waals surface area contributed by atoms with Gasteiger partial charge in [-0.15, -0.1) is 12.4 Å². The summed E-state index contributed by atoms with van der Waals surface area (Å²) in [6.45, 7) is 4.11. The average molecular weight is 224 g/mol. The number of hydrogen-bond acceptors (Lipinski definition) is 3. The third-order valence-corrected chi connectivity index (χ3v) is 2.40. The number of hydrogen-bond donors (Lipinski definition) is 2. The molecule has 0 radical (unpaired) electrons. The van der Waals surface area contributed by atoms with E-state index in [9.17, 15) is 0 Å². The van der Waals surface area contributed by atoms with Crippen LogP contribution in [0.1, 0.15) is 11.1 Å². The largest absolute Gasteiger partial charge is 0.308 e. The second-order valence-corrected chi connectivity index (χ2v) is 3.44. The Kier molecular flexibility index (Phi) is 3.50. The maximum absolute atomic E-state index is 5.35. The average Bonchev–Trinajstić information content (AvgIpc) is 2.19. The summed E-state index contributed by atoms with van der Waals surface area (Å²) < 4.78 is 0. The van der Waals surface area contributed by atoms with E-state index < -0.39 is 0 Å². The van der Waals surface area contributed by atoms with Gasteiger partial charge >= 0.3 is 0 Å². The molecule has 2 rings (SSSR count). The van der Waals surface area contributed by atoms with Gasteiger partial charge in [0.2, 0.25) is 0 Å². The highest BCUT2D eigenvalue weighted by atomic mass is 35.5. The quantitative estimate of drug-likeness (QED) is 0.577. The Hall–Kier alpha value is -1.32. The van der Waals surface area contributed by atoms with E-state index >= 15 is 0 Å². The monoisotopic (exact) mass is 223 g/mol. The SMILES string of the molecule is Cc1cc(NN)nc2c(C)cccc12.Cl. The van der Waals surface area contributed by atoms with E-state index in [0.717, 1.165) is 5.52 Å². The fourth-order valence-electron chi connectivity index (χ4n) is 1.64. The molecule has 0 atom stereocenters. The van der Waals surface area contributed by atoms with Crippen molar-refractivity contribution in [1.29, 1.82) is 0 Å². The molecular weight excluding hydrogens is 210 g/mol. The number of nitrogens with zero attached hydrogens (tertiary/aromatic N) is 1. The number of para-hydroxylation sites is 1. The van der Waals surface area contributed by atoms with Gasteiger partial charge in [-0.25, -0.2) is 10.8 Å². The Labute approximate surface area is 95.1 Å². The summed E-state index contributed by atoms with van der Waals surface area (Å²) >= 11 is 0. The zero-order valence-electron chi connectivity index (χ0n) is 8.74. The summed E-state index contributed by atoms with van der Waals surface area (Å²) in [5.74, 6) is 6.06. The van der Waals surface area contributed by atoms with Gasteiger partial charge < -0.3 is 5.43 Å². The summed E-state index contributed by atoms with van der Waals surface area (Å²) in [6, 6.07) is 8.11. The van der Waals surface area contributed by atoms with Crippen molar-refractivity contribution in [3.8, 4) is 0 Å². The first-order chi connectivity index (χ1) is 6.72. The molecule has 0 aliphatic carbocycles. The number of anilines is 1. The van der Waals surface area contributed by atoms with E-state index in [4.69, 9.17) is 5.84 Å². The number of rotatable bonds is 1. The fraction of sp³-hybridized carbons (Fsp3) is 0.182. The van der Waals surface area contributed by atoms with Crippen molar-refractivity contribution in [3.63, 3.8) is 0 Å². The number of nitrogen functional groups attached to an aromatic ring is 1. The molecule has 2 aromatic rings. The van der Waals surface area contributed by atoms with Crippen LogP contribution in [0, 0.1) is 13.8 Å². The Morgan fingerprint density at radius 2 is 1.93 bits per heavy atom. The molecule has 4 heteroatoms. The van der Waals surface area contributed by atoms with Crippen LogP contribution in [0.3, 0.4) is 0 Å². The molecule has 0 unspecified atom stereocenters. The van der Waals surface area contributed by atoms with Gasteiger partial charge in [0.05, 0.1) is 5.52 Å². The van der Waals surface area contributed by atoms with E-state index in [0.29, 0.717) is 5.82 Å². The number of halogens is 1. The third-order valence-electron chi connectivity index (χ3n) is 2.40. The summed E-state index contributed by atoms with van der Waals surface area (Å²) in [5, 5.41) is 1.18. The van der Waals surface area contributed by atoms with E-state index in [1.165, 1.54) is 16.5 Å². The van der Waals surface area contributed by atoms with Crippen LogP contribution in [0.2, 0.25) is 0 Å². The second kappa shape index (κ2) is 4.47. The lowest BCUT2D eigenvalue weighted by atomic mass is 10.1. The molecule has 0 fully saturated rings. The summed E-state index contributed by atoms with van der Waals surface area (Å²) in [7, 11) is 0. The Bertz CT molecular complexity index is 482. The minimum atomic E-state index is 0. The van der Waals surface area contributed by atoms with E-state index in [1.807, 2.05) is 12.1 Å². The number of hydrazine groups is 1. The predicted molar refractivity (Wildman–Crippen MR) is 66.3 cm³/mol. The number of benzene rings is 1. The second-order valence-electron chi connectivity index (χ2n) is 3.44. The van der Waals surface area contributed by atoms with Gasteiger partial charge in [0.1, 0.15) is 5.82 Å². The molecule has 0 spiro atoms. The number of fused-ring (bicyclic) bond motifs is 1. The van der Waals surface area contributed by atoms with E-state index in [2.05, 4.69) is 36.4 Å². The summed E-state index contributed by atoms with van der Waals surface area (Å²) in [5.41, 5.74) is 5.95. The first-order valence-electron chi connectivity index (χ1n) is 4.56. The lowest BCUT2D eigenvalue weighted by molar-refractivity contribution is 1.24. The van der Waals surface area contributed by atoms with Crippen LogP contribution >= 0.6 is 12.4 Å². The van der Waals surface area contributed by atoms with Crippen LogP contribution in [0.5, 0.6) is 0 Å². The first kappa shape index (κ1) is 11.8. The van der Waals surface area contributed by atoms with Crippen molar-refractivity contribution in [1.82, 2.24) is 4.98 Å². The molecular formula is C11H14ClN3. The van der Waals surface area contributed by atoms with Gasteiger partial charge in [-0.2, -0.15) is 0 Å². The van der Waals surface area contributed by atoms with Crippen molar-refractivity contribution in [2.24, 2.45) is 5.84 Å². The highest BCUT2D eigenvalue weighted by Gasteiger charge is 2.03. The minimum Gasteiger partial charge on any atom is -0.308 e. The molecule has 0 saturated carbocycles. The number of pyridine rings is 1. The van der Waals surface area contributed by atoms with E-state index in [1.54, 1.807) is 0 Å². The van der Waals surface area contributed by atoms with Crippen molar-refractivity contribution in [3.05, 3.63) is 35.4 Å². The fourth-order valence-corrected chi connectivity index (χ4v) is 1.64. The number of aryl methyl sites for hydroxylation is 2. The molecule has 1 aromatic carbocycles. The molecule has 0 bridgehead atoms. The molecule has 1 aromatic heterocycles. The molecule has 0 aliphatic heterocycles. The standard InChI is InChI=1S/C11H13N3.ClH/c1-7-4-3-5-9-8(2)6-10(14-12)13-11(7)9;/h3-6H,12H2,1-2H3,(H,13,14);1H. The highest BCUT2D eigenvalue weighted by molar-refractivity contribution is 5.86. The zero-order chi connectivity index (χ0) is 10.1. The highest BCUT2D eigenvalue weighted by Crippen LogP contribution is 2.22. The molecule has 80 valence electrons. The molecule has 3 N–H and O–H groups in total. The van der Waals surface area contributed by atoms with Gasteiger partial charge in [-0.3, -0.25) is 0 Å². The topological polar surface area (TPSA) is 50.9 Å². The Morgan fingerprint density at radius 1 is 1.20 bits per heavy atom. The van der Waals surface area contributed by atoms with Crippen LogP contribution in [-0.2, 0) is 0 Å². The van der Waals surface area contributed by atoms with Gasteiger partial charge in [0.15, 0.2) is 0 Å². The maximum Gasteiger partial charge on any atom is 0.140 e. The summed E-state index contributed by atoms with van der Waals surface area (Å²) in [4.78, 5) is 4.42. The van der Waals surface area contributed by atoms with Crippen molar-refractivity contribution in [2.75, 3.05) is 5.43 Å². The Morgan fingerprint density at radius 3 is 2.60 bits per heavy atom. The minimum absolute atomic E-state index is 0. The van der Waals surface area contributed by atoms with Crippen LogP contribution in [0.4, 0.5) is 5.82 Å². The first-order valence-corrected chi connectivity index (χ1v) is 4.56. The van der Waals surface area contributed by atoms with Crippen LogP contribution in [-0.4, -0.2) is 4.98 Å². The van der Waals surface area contributed by atoms with Gasteiger partial charge in [0, 0.05) is 5.39 Å². The van der Waals surface area contributed by atoms with Crippen LogP contribution < -0.4 is 11.3 Å². The molecule has 0 aliphatic rings. The Balaban J connectivity index is 0.00000112. The lowest BCUT2D eigenvalue weighted by Gasteiger charge is -2.07. The number of aromatic nitrogens is 1. The van der Waals surface area contributed by atoms with Crippen molar-refractivity contribution < 1.29 is 0 Å². The van der Waals surface area contributed by atoms with Gasteiger partial charge in [0.25, 0.3) is 0 Å². The smallest absolute Gasteiger partial charge is 0.140 e. The lowest BCUT2D eigenvalue weighted by Crippen LogP contribution is -2.08. The van der Waals surface area contributed by atoms with Crippen molar-refractivity contribution in [2.45, 2.75) is 13.8 Å². The van der Waals surface area contributed by atoms with E-state index in [-0.39, 0.29) is 12.4 Å². The van der Waals surface area contributed by atoms with Crippen LogP contribution in [0.25, 0.3) is 10.9 Å². The third kappa shape index (κ3) is 2.03. The van der Waals surface area contributed by atoms with Gasteiger partial charge in [-0.1, -0.05) is 18.2 Å². The molecule has 1 heterocycles. The molecule has 0 saturated heterocycles. The zero-order valence-corrected chi connectivity index (χ0v) is 9.56. The normalized spacial score (nSPS) is 9.80. The molecule has 0 amide bonds. The maximum atomic E-state index is 5.35. The number of nitrogens with one attached hydrogen (secondary N) is 1. The predicted octanol–water partition coefficient (Wildman–Crippen LogP) is 2.56. The molecule has 3 nitrogen and oxygen atoms in total. The van der Waals surface area contributed by atoms with Crippen LogP contribution in [0.15, 0.2) is 24.3 Å². The number of nitrogens with two attached hydrogens (primary N) is 1.